The summed E-state index contributed by atoms with van der Waals surface area (Å²) in [6, 6.07) is 0. The van der Waals surface area contributed by atoms with Crippen LogP contribution < -0.4 is 15.5 Å². The number of carbonyl (C=O) groups is 2. The highest BCUT2D eigenvalue weighted by atomic mass is 16.6. The predicted octanol–water partition coefficient (Wildman–Crippen LogP) is 3.22. The molecule has 0 bridgehead atoms. The molecule has 164 valence electrons. The van der Waals surface area contributed by atoms with Gasteiger partial charge in [0.25, 0.3) is 0 Å². The molecule has 1 amide bonds. The summed E-state index contributed by atoms with van der Waals surface area (Å²) in [5.74, 6) is -0.323. The Morgan fingerprint density at radius 3 is 1.72 bits per heavy atom. The molecule has 0 aromatic heterocycles. The predicted molar refractivity (Wildman–Crippen MR) is 118 cm³/mol. The average Bonchev–Trinajstić information content (AvgIpc) is 2.97. The minimum absolute atomic E-state index is 0. The van der Waals surface area contributed by atoms with Crippen LogP contribution in [0, 0.1) is 0 Å². The molecule has 25 heavy (non-hydrogen) atoms. The van der Waals surface area contributed by atoms with Gasteiger partial charge in [-0.25, -0.2) is 0 Å². The van der Waals surface area contributed by atoms with Gasteiger partial charge in [0.15, 0.2) is 6.67 Å². The molecule has 2 unspecified atom stereocenters. The number of carbonyl (C=O) groups excluding carboxylic acids is 2. The van der Waals surface area contributed by atoms with Crippen molar-refractivity contribution in [3.05, 3.63) is 0 Å². The van der Waals surface area contributed by atoms with Crippen LogP contribution in [0.3, 0.4) is 0 Å². The average molecular weight is 375 g/mol. The number of hydrogen-bond acceptors (Lipinski definition) is 4. The number of ether oxygens (including phenoxy) is 1. The third kappa shape index (κ3) is 31.3. The molecule has 2 atom stereocenters. The highest BCUT2D eigenvalue weighted by molar-refractivity contribution is 5.96. The smallest absolute Gasteiger partial charge is 0.231 e. The molecule has 1 rings (SSSR count). The van der Waals surface area contributed by atoms with Crippen LogP contribution in [0.15, 0.2) is 0 Å². The number of Topliss-reactive ketones (excluding diaryl/α,β-unsaturated/α-hetero) is 1. The fourth-order valence-corrected chi connectivity index (χ4v) is 1.48. The van der Waals surface area contributed by atoms with Gasteiger partial charge in [-0.05, 0) is 14.0 Å². The van der Waals surface area contributed by atoms with Crippen molar-refractivity contribution in [1.82, 2.24) is 10.6 Å². The highest BCUT2D eigenvalue weighted by Crippen LogP contribution is 2.04. The van der Waals surface area contributed by atoms with Gasteiger partial charge in [0.1, 0.15) is 25.1 Å². The van der Waals surface area contributed by atoms with E-state index in [1.54, 1.807) is 0 Å². The molecular formula is C19H56N3O3+. The van der Waals surface area contributed by atoms with Crippen molar-refractivity contribution in [3.63, 3.8) is 0 Å². The summed E-state index contributed by atoms with van der Waals surface area (Å²) >= 11 is 0. The number of amides is 1. The maximum Gasteiger partial charge on any atom is 0.231 e. The lowest BCUT2D eigenvalue weighted by molar-refractivity contribution is -0.905. The van der Waals surface area contributed by atoms with Gasteiger partial charge in [-0.2, -0.15) is 0 Å². The Kier molecular flexibility index (Phi) is 69.6. The van der Waals surface area contributed by atoms with Crippen LogP contribution in [0.1, 0.15) is 80.2 Å². The van der Waals surface area contributed by atoms with E-state index in [0.29, 0.717) is 12.8 Å². The Morgan fingerprint density at radius 1 is 0.960 bits per heavy atom. The molecule has 3 N–H and O–H groups in total. The van der Waals surface area contributed by atoms with E-state index in [0.717, 1.165) is 19.8 Å². The molecule has 1 heterocycles. The molecule has 1 saturated heterocycles. The molecular weight excluding hydrogens is 318 g/mol. The first-order chi connectivity index (χ1) is 7.61. The second-order valence-corrected chi connectivity index (χ2v) is 4.10. The van der Waals surface area contributed by atoms with Crippen molar-refractivity contribution in [1.29, 1.82) is 0 Å². The largest absolute Gasteiger partial charge is 0.367 e. The number of epoxide rings is 1. The van der Waals surface area contributed by atoms with Crippen molar-refractivity contribution >= 4 is 11.7 Å². The van der Waals surface area contributed by atoms with Crippen molar-refractivity contribution in [2.45, 2.75) is 86.3 Å². The Balaban J connectivity index is -0.0000000406. The summed E-state index contributed by atoms with van der Waals surface area (Å²) in [5, 5.41) is 5.79. The van der Waals surface area contributed by atoms with E-state index < -0.39 is 0 Å². The number of nitrogens with one attached hydrogen (secondary N) is 3. The number of ketones is 1. The molecule has 0 saturated carbocycles. The van der Waals surface area contributed by atoms with E-state index in [1.807, 2.05) is 7.05 Å². The van der Waals surface area contributed by atoms with E-state index >= 15 is 0 Å². The van der Waals surface area contributed by atoms with Crippen molar-refractivity contribution in [3.8, 4) is 0 Å². The first kappa shape index (κ1) is 56.4. The van der Waals surface area contributed by atoms with Crippen LogP contribution in [0.2, 0.25) is 0 Å². The SMILES string of the molecule is C.C.C.C.C.C.C.C.C.CNC[NH+](CNC(=O)CC(C)=O)CC1CO1. The monoisotopic (exact) mass is 374 g/mol. The Morgan fingerprint density at radius 2 is 1.40 bits per heavy atom. The Hall–Kier alpha value is -0.980. The van der Waals surface area contributed by atoms with Crippen LogP contribution in [0.4, 0.5) is 0 Å². The lowest BCUT2D eigenvalue weighted by Crippen LogP contribution is -3.15. The molecule has 6 nitrogen and oxygen atoms in total. The fourth-order valence-electron chi connectivity index (χ4n) is 1.48. The van der Waals surface area contributed by atoms with Gasteiger partial charge in [0, 0.05) is 0 Å². The third-order valence-electron chi connectivity index (χ3n) is 2.29. The molecule has 0 aromatic carbocycles. The third-order valence-corrected chi connectivity index (χ3v) is 2.29. The van der Waals surface area contributed by atoms with E-state index in [1.165, 1.54) is 11.8 Å². The summed E-state index contributed by atoms with van der Waals surface area (Å²) in [5.41, 5.74) is 0. The van der Waals surface area contributed by atoms with E-state index in [4.69, 9.17) is 4.74 Å². The summed E-state index contributed by atoms with van der Waals surface area (Å²) in [7, 11) is 1.87. The normalized spacial score (nSPS) is 13.0. The maximum atomic E-state index is 11.3. The van der Waals surface area contributed by atoms with Crippen LogP contribution in [0.5, 0.6) is 0 Å². The summed E-state index contributed by atoms with van der Waals surface area (Å²) in [6.07, 6.45) is 0.292. The lowest BCUT2D eigenvalue weighted by atomic mass is 10.3. The van der Waals surface area contributed by atoms with Gasteiger partial charge in [-0.1, -0.05) is 66.8 Å². The van der Waals surface area contributed by atoms with Gasteiger partial charge in [0.2, 0.25) is 5.91 Å². The van der Waals surface area contributed by atoms with Crippen LogP contribution >= 0.6 is 0 Å². The van der Waals surface area contributed by atoms with Gasteiger partial charge in [-0.15, -0.1) is 0 Å². The zero-order valence-corrected chi connectivity index (χ0v) is 9.84. The molecule has 1 aliphatic heterocycles. The van der Waals surface area contributed by atoms with E-state index in [9.17, 15) is 9.59 Å². The van der Waals surface area contributed by atoms with Gasteiger partial charge < -0.3 is 15.0 Å². The van der Waals surface area contributed by atoms with Crippen molar-refractivity contribution in [2.24, 2.45) is 0 Å². The zero-order chi connectivity index (χ0) is 12.0. The summed E-state index contributed by atoms with van der Waals surface area (Å²) in [6.45, 7) is 4.39. The summed E-state index contributed by atoms with van der Waals surface area (Å²) < 4.78 is 5.14. The molecule has 0 radical (unpaired) electrons. The van der Waals surface area contributed by atoms with E-state index in [-0.39, 0.29) is 85.0 Å². The van der Waals surface area contributed by atoms with Crippen molar-refractivity contribution < 1.29 is 19.2 Å². The first-order valence-corrected chi connectivity index (χ1v) is 5.47. The van der Waals surface area contributed by atoms with Crippen LogP contribution in [-0.2, 0) is 14.3 Å². The van der Waals surface area contributed by atoms with E-state index in [2.05, 4.69) is 10.6 Å². The minimum Gasteiger partial charge on any atom is -0.367 e. The van der Waals surface area contributed by atoms with Gasteiger partial charge in [0.05, 0.1) is 13.0 Å². The highest BCUT2D eigenvalue weighted by Gasteiger charge is 2.28. The second kappa shape index (κ2) is 30.9. The minimum atomic E-state index is -0.210. The molecule has 0 spiro atoms. The molecule has 6 heteroatoms. The molecule has 1 aliphatic rings. The molecule has 1 fully saturated rings. The topological polar surface area (TPSA) is 75.2 Å². The molecule has 0 aromatic rings. The quantitative estimate of drug-likeness (QED) is 0.346. The standard InChI is InChI=1S/C10H19N3O3.9CH4/c1-8(14)3-10(15)12-7-13(6-11-2)4-9-5-16-9;;;;;;;;;/h9,11H,3-7H2,1-2H3,(H,12,15);9*1H4/p+1. The number of hydrogen-bond donors (Lipinski definition) is 3. The van der Waals surface area contributed by atoms with Gasteiger partial charge in [-0.3, -0.25) is 14.9 Å². The van der Waals surface area contributed by atoms with Crippen LogP contribution in [0.25, 0.3) is 0 Å². The lowest BCUT2D eigenvalue weighted by Gasteiger charge is -2.18. The number of quaternary nitrogens is 1. The maximum absolute atomic E-state index is 11.3. The Labute approximate surface area is 162 Å². The number of rotatable bonds is 8. The molecule has 0 aliphatic carbocycles. The zero-order valence-electron chi connectivity index (χ0n) is 9.84. The summed E-state index contributed by atoms with van der Waals surface area (Å²) in [4.78, 5) is 23.2. The second-order valence-electron chi connectivity index (χ2n) is 4.10. The first-order valence-electron chi connectivity index (χ1n) is 5.47. The van der Waals surface area contributed by atoms with Gasteiger partial charge >= 0.3 is 0 Å². The fraction of sp³-hybridized carbons (Fsp3) is 0.895. The Bertz CT molecular complexity index is 258. The van der Waals surface area contributed by atoms with Crippen molar-refractivity contribution in [2.75, 3.05) is 33.5 Å². The van der Waals surface area contributed by atoms with Crippen LogP contribution in [-0.4, -0.2) is 51.3 Å².